The molecule has 6 aromatic rings. The molecule has 54 heavy (non-hydrogen) atoms. The molecule has 3 heterocycles. The summed E-state index contributed by atoms with van der Waals surface area (Å²) >= 11 is 19.6. The van der Waals surface area contributed by atoms with Gasteiger partial charge in [0.15, 0.2) is 0 Å². The van der Waals surface area contributed by atoms with E-state index in [0.717, 1.165) is 60.5 Å². The minimum absolute atomic E-state index is 0.146. The fraction of sp³-hybridized carbons (Fsp3) is 0.302. The zero-order chi connectivity index (χ0) is 37.9. The van der Waals surface area contributed by atoms with Crippen molar-refractivity contribution in [2.75, 3.05) is 36.4 Å². The molecule has 280 valence electrons. The second-order valence-corrected chi connectivity index (χ2v) is 15.2. The first-order chi connectivity index (χ1) is 26.2. The van der Waals surface area contributed by atoms with Crippen LogP contribution in [0.2, 0.25) is 15.1 Å². The Labute approximate surface area is 331 Å². The molecule has 8 nitrogen and oxygen atoms in total. The predicted octanol–water partition coefficient (Wildman–Crippen LogP) is 10.7. The first-order valence-electron chi connectivity index (χ1n) is 18.6. The number of aromatic amines is 1. The summed E-state index contributed by atoms with van der Waals surface area (Å²) in [6, 6.07) is 27.1. The highest BCUT2D eigenvalue weighted by Crippen LogP contribution is 2.42. The van der Waals surface area contributed by atoms with Gasteiger partial charge in [-0.05, 0) is 67.3 Å². The number of carbonyl (C=O) groups excluding carboxylic acids is 1. The molecule has 1 saturated heterocycles. The number of halogens is 3. The molecule has 11 heteroatoms. The standard InChI is InChI=1S/C43H45Cl3N6O2/c1-4-9-32(5-2)50-18-20-51(21-19-50)38-17-12-28(25-53)22-37(38)49-43(54)41-39(34-16-14-31(45)24-36(34)48-41)42-40(29-10-7-6-8-11-29)47-26-52(42)27(3)33-15-13-30(44)23-35(33)46/h6-8,10-17,22-24,26-27,32,48,53H,4-5,9,18-21,25H2,1-3H3,(H,49,54). The monoisotopic (exact) mass is 782 g/mol. The highest BCUT2D eigenvalue weighted by Gasteiger charge is 2.30. The van der Waals surface area contributed by atoms with Gasteiger partial charge >= 0.3 is 0 Å². The van der Waals surface area contributed by atoms with E-state index in [1.54, 1.807) is 12.4 Å². The maximum Gasteiger partial charge on any atom is 0.272 e. The fourth-order valence-corrected chi connectivity index (χ4v) is 8.57. The van der Waals surface area contributed by atoms with E-state index in [9.17, 15) is 9.90 Å². The van der Waals surface area contributed by atoms with Crippen molar-refractivity contribution in [3.63, 3.8) is 0 Å². The summed E-state index contributed by atoms with van der Waals surface area (Å²) in [6.07, 6.45) is 5.29. The summed E-state index contributed by atoms with van der Waals surface area (Å²) in [5.41, 5.74) is 7.25. The van der Waals surface area contributed by atoms with Crippen LogP contribution in [-0.4, -0.2) is 62.7 Å². The van der Waals surface area contributed by atoms with Crippen LogP contribution < -0.4 is 10.2 Å². The lowest BCUT2D eigenvalue weighted by Crippen LogP contribution is -2.50. The third-order valence-electron chi connectivity index (χ3n) is 10.7. The Morgan fingerprint density at radius 2 is 1.67 bits per heavy atom. The third-order valence-corrected chi connectivity index (χ3v) is 11.4. The van der Waals surface area contributed by atoms with Crippen LogP contribution in [0.5, 0.6) is 0 Å². The molecule has 0 bridgehead atoms. The van der Waals surface area contributed by atoms with Gasteiger partial charge in [0.1, 0.15) is 5.69 Å². The number of hydrogen-bond donors (Lipinski definition) is 3. The largest absolute Gasteiger partial charge is 0.392 e. The number of benzene rings is 4. The van der Waals surface area contributed by atoms with E-state index in [1.807, 2.05) is 78.9 Å². The number of H-pyrrole nitrogens is 1. The van der Waals surface area contributed by atoms with Crippen LogP contribution in [-0.2, 0) is 6.61 Å². The van der Waals surface area contributed by atoms with Gasteiger partial charge in [-0.2, -0.15) is 0 Å². The molecule has 1 aliphatic rings. The van der Waals surface area contributed by atoms with Crippen molar-refractivity contribution in [3.05, 3.63) is 123 Å². The zero-order valence-corrected chi connectivity index (χ0v) is 33.0. The minimum atomic E-state index is -0.328. The molecular formula is C43H45Cl3N6O2. The molecule has 1 fully saturated rings. The van der Waals surface area contributed by atoms with E-state index >= 15 is 0 Å². The number of fused-ring (bicyclic) bond motifs is 1. The van der Waals surface area contributed by atoms with Gasteiger partial charge < -0.3 is 24.9 Å². The van der Waals surface area contributed by atoms with Crippen LogP contribution in [0.25, 0.3) is 33.4 Å². The quantitative estimate of drug-likeness (QED) is 0.115. The summed E-state index contributed by atoms with van der Waals surface area (Å²) < 4.78 is 2.06. The fourth-order valence-electron chi connectivity index (χ4n) is 7.83. The maximum absolute atomic E-state index is 14.8. The smallest absolute Gasteiger partial charge is 0.272 e. The summed E-state index contributed by atoms with van der Waals surface area (Å²) in [7, 11) is 0. The van der Waals surface area contributed by atoms with Crippen LogP contribution in [0.15, 0.2) is 91.3 Å². The summed E-state index contributed by atoms with van der Waals surface area (Å²) in [5, 5.41) is 15.9. The Balaban J connectivity index is 1.33. The highest BCUT2D eigenvalue weighted by molar-refractivity contribution is 6.35. The van der Waals surface area contributed by atoms with Crippen molar-refractivity contribution in [2.45, 2.75) is 58.7 Å². The number of piperazine rings is 1. The Bertz CT molecular complexity index is 2260. The zero-order valence-electron chi connectivity index (χ0n) is 30.8. The number of imidazole rings is 1. The number of rotatable bonds is 12. The average molecular weight is 784 g/mol. The second kappa shape index (κ2) is 16.6. The molecule has 0 saturated carbocycles. The van der Waals surface area contributed by atoms with E-state index in [0.29, 0.717) is 54.8 Å². The van der Waals surface area contributed by atoms with Crippen LogP contribution in [0, 0.1) is 0 Å². The number of aromatic nitrogens is 3. The Kier molecular flexibility index (Phi) is 11.7. The number of nitrogens with one attached hydrogen (secondary N) is 2. The van der Waals surface area contributed by atoms with Gasteiger partial charge in [-0.3, -0.25) is 9.69 Å². The number of aliphatic hydroxyl groups is 1. The van der Waals surface area contributed by atoms with Crippen LogP contribution in [0.4, 0.5) is 11.4 Å². The SMILES string of the molecule is CCCC(CC)N1CCN(c2ccc(CO)cc2NC(=O)c2[nH]c3cc(Cl)ccc3c2-c2c(-c3ccccc3)ncn2C(C)c2ccc(Cl)cc2Cl)CC1. The van der Waals surface area contributed by atoms with Gasteiger partial charge in [0.2, 0.25) is 0 Å². The molecule has 4 aromatic carbocycles. The second-order valence-electron chi connectivity index (χ2n) is 14.0. The Morgan fingerprint density at radius 3 is 2.37 bits per heavy atom. The molecule has 1 amide bonds. The van der Waals surface area contributed by atoms with Gasteiger partial charge in [0, 0.05) is 69.3 Å². The lowest BCUT2D eigenvalue weighted by molar-refractivity contribution is 0.102. The number of nitrogens with zero attached hydrogens (tertiary/aromatic N) is 4. The average Bonchev–Trinajstić information content (AvgIpc) is 3.79. The molecule has 7 rings (SSSR count). The number of carbonyl (C=O) groups is 1. The van der Waals surface area contributed by atoms with E-state index in [4.69, 9.17) is 39.8 Å². The van der Waals surface area contributed by atoms with Gasteiger partial charge in [-0.25, -0.2) is 4.98 Å². The Hall–Kier alpha value is -4.31. The minimum Gasteiger partial charge on any atom is -0.392 e. The van der Waals surface area contributed by atoms with E-state index < -0.39 is 0 Å². The summed E-state index contributed by atoms with van der Waals surface area (Å²) in [6.45, 7) is 9.99. The molecule has 0 spiro atoms. The molecule has 2 unspecified atom stereocenters. The number of amides is 1. The van der Waals surface area contributed by atoms with E-state index in [2.05, 4.69) is 45.4 Å². The van der Waals surface area contributed by atoms with Crippen molar-refractivity contribution in [1.82, 2.24) is 19.4 Å². The third kappa shape index (κ3) is 7.63. The highest BCUT2D eigenvalue weighted by atomic mass is 35.5. The molecule has 0 aliphatic carbocycles. The predicted molar refractivity (Wildman–Crippen MR) is 223 cm³/mol. The van der Waals surface area contributed by atoms with Crippen molar-refractivity contribution >= 4 is 63.0 Å². The van der Waals surface area contributed by atoms with Gasteiger partial charge in [0.25, 0.3) is 5.91 Å². The first kappa shape index (κ1) is 38.0. The van der Waals surface area contributed by atoms with Crippen LogP contribution in [0.3, 0.4) is 0 Å². The Morgan fingerprint density at radius 1 is 0.926 bits per heavy atom. The van der Waals surface area contributed by atoms with Gasteiger partial charge in [-0.15, -0.1) is 0 Å². The van der Waals surface area contributed by atoms with E-state index in [1.165, 1.54) is 12.8 Å². The number of anilines is 2. The number of hydrogen-bond acceptors (Lipinski definition) is 5. The normalized spacial score (nSPS) is 14.8. The lowest BCUT2D eigenvalue weighted by atomic mass is 9.99. The summed E-state index contributed by atoms with van der Waals surface area (Å²) in [5.74, 6) is -0.328. The maximum atomic E-state index is 14.8. The molecule has 2 atom stereocenters. The molecule has 0 radical (unpaired) electrons. The van der Waals surface area contributed by atoms with Crippen molar-refractivity contribution < 1.29 is 9.90 Å². The van der Waals surface area contributed by atoms with Gasteiger partial charge in [0.05, 0.1) is 41.7 Å². The van der Waals surface area contributed by atoms with Crippen molar-refractivity contribution in [1.29, 1.82) is 0 Å². The molecular weight excluding hydrogens is 739 g/mol. The van der Waals surface area contributed by atoms with E-state index in [-0.39, 0.29) is 18.6 Å². The van der Waals surface area contributed by atoms with Crippen LogP contribution >= 0.6 is 34.8 Å². The van der Waals surface area contributed by atoms with Crippen molar-refractivity contribution in [3.8, 4) is 22.5 Å². The lowest BCUT2D eigenvalue weighted by Gasteiger charge is -2.40. The topological polar surface area (TPSA) is 89.4 Å². The number of aliphatic hydroxyl groups excluding tert-OH is 1. The summed E-state index contributed by atoms with van der Waals surface area (Å²) in [4.78, 5) is 28.1. The molecule has 1 aliphatic heterocycles. The van der Waals surface area contributed by atoms with Gasteiger partial charge in [-0.1, -0.05) is 104 Å². The van der Waals surface area contributed by atoms with Crippen LogP contribution in [0.1, 0.15) is 67.7 Å². The molecule has 2 aromatic heterocycles. The van der Waals surface area contributed by atoms with Crippen molar-refractivity contribution in [2.24, 2.45) is 0 Å². The first-order valence-corrected chi connectivity index (χ1v) is 19.8. The molecule has 3 N–H and O–H groups in total.